The lowest BCUT2D eigenvalue weighted by atomic mass is 10.2. The SMILES string of the molecule is Cc1ccc(OCCCCN2CCCC2C)cc1. The van der Waals surface area contributed by atoms with Crippen molar-refractivity contribution in [1.29, 1.82) is 0 Å². The van der Waals surface area contributed by atoms with Gasteiger partial charge < -0.3 is 9.64 Å². The second-order valence-corrected chi connectivity index (χ2v) is 5.40. The Morgan fingerprint density at radius 2 is 2.00 bits per heavy atom. The van der Waals surface area contributed by atoms with Crippen LogP contribution in [-0.2, 0) is 0 Å². The summed E-state index contributed by atoms with van der Waals surface area (Å²) < 4.78 is 5.73. The van der Waals surface area contributed by atoms with Crippen molar-refractivity contribution in [2.45, 2.75) is 45.6 Å². The molecule has 1 fully saturated rings. The van der Waals surface area contributed by atoms with Crippen LogP contribution in [0.15, 0.2) is 24.3 Å². The first-order valence-electron chi connectivity index (χ1n) is 7.19. The highest BCUT2D eigenvalue weighted by Gasteiger charge is 2.18. The molecule has 2 nitrogen and oxygen atoms in total. The van der Waals surface area contributed by atoms with E-state index in [-0.39, 0.29) is 0 Å². The number of nitrogens with zero attached hydrogens (tertiary/aromatic N) is 1. The number of benzene rings is 1. The minimum Gasteiger partial charge on any atom is -0.494 e. The average Bonchev–Trinajstić information content (AvgIpc) is 2.77. The zero-order valence-corrected chi connectivity index (χ0v) is 11.7. The fourth-order valence-corrected chi connectivity index (χ4v) is 2.57. The van der Waals surface area contributed by atoms with Crippen LogP contribution in [0.3, 0.4) is 0 Å². The van der Waals surface area contributed by atoms with E-state index in [2.05, 4.69) is 43.0 Å². The zero-order chi connectivity index (χ0) is 12.8. The molecule has 0 spiro atoms. The number of rotatable bonds is 6. The average molecular weight is 247 g/mol. The first-order chi connectivity index (χ1) is 8.75. The van der Waals surface area contributed by atoms with Crippen LogP contribution in [0, 0.1) is 6.92 Å². The molecular formula is C16H25NO. The molecule has 2 rings (SSSR count). The van der Waals surface area contributed by atoms with Gasteiger partial charge in [0.1, 0.15) is 5.75 Å². The Bertz CT molecular complexity index is 347. The molecule has 0 aliphatic carbocycles. The van der Waals surface area contributed by atoms with Crippen molar-refractivity contribution in [3.63, 3.8) is 0 Å². The van der Waals surface area contributed by atoms with Crippen LogP contribution >= 0.6 is 0 Å². The lowest BCUT2D eigenvalue weighted by molar-refractivity contribution is 0.245. The topological polar surface area (TPSA) is 12.5 Å². The van der Waals surface area contributed by atoms with Crippen LogP contribution < -0.4 is 4.74 Å². The maximum absolute atomic E-state index is 5.73. The van der Waals surface area contributed by atoms with E-state index in [1.807, 2.05) is 0 Å². The first kappa shape index (κ1) is 13.4. The maximum atomic E-state index is 5.73. The number of hydrogen-bond donors (Lipinski definition) is 0. The second kappa shape index (κ2) is 6.79. The Morgan fingerprint density at radius 3 is 2.67 bits per heavy atom. The van der Waals surface area contributed by atoms with E-state index in [9.17, 15) is 0 Å². The van der Waals surface area contributed by atoms with Crippen molar-refractivity contribution < 1.29 is 4.74 Å². The lowest BCUT2D eigenvalue weighted by Gasteiger charge is -2.20. The smallest absolute Gasteiger partial charge is 0.119 e. The molecule has 0 saturated carbocycles. The van der Waals surface area contributed by atoms with Crippen molar-refractivity contribution in [3.05, 3.63) is 29.8 Å². The summed E-state index contributed by atoms with van der Waals surface area (Å²) in [5.41, 5.74) is 1.28. The minimum atomic E-state index is 0.794. The molecule has 1 saturated heterocycles. The van der Waals surface area contributed by atoms with Gasteiger partial charge in [0.25, 0.3) is 0 Å². The van der Waals surface area contributed by atoms with Gasteiger partial charge in [-0.2, -0.15) is 0 Å². The van der Waals surface area contributed by atoms with Gasteiger partial charge in [-0.1, -0.05) is 17.7 Å². The Labute approximate surface area is 111 Å². The largest absolute Gasteiger partial charge is 0.494 e. The van der Waals surface area contributed by atoms with Gasteiger partial charge in [-0.3, -0.25) is 0 Å². The van der Waals surface area contributed by atoms with Crippen molar-refractivity contribution in [1.82, 2.24) is 4.90 Å². The number of unbranched alkanes of at least 4 members (excludes halogenated alkanes) is 1. The van der Waals surface area contributed by atoms with Crippen molar-refractivity contribution in [3.8, 4) is 5.75 Å². The molecule has 18 heavy (non-hydrogen) atoms. The molecule has 2 heteroatoms. The molecule has 1 atom stereocenters. The normalized spacial score (nSPS) is 20.2. The monoisotopic (exact) mass is 247 g/mol. The van der Waals surface area contributed by atoms with Gasteiger partial charge >= 0.3 is 0 Å². The number of likely N-dealkylation sites (tertiary alicyclic amines) is 1. The van der Waals surface area contributed by atoms with Crippen LogP contribution in [0.5, 0.6) is 5.75 Å². The van der Waals surface area contributed by atoms with Gasteiger partial charge in [0.05, 0.1) is 6.61 Å². The van der Waals surface area contributed by atoms with Crippen LogP contribution in [0.25, 0.3) is 0 Å². The van der Waals surface area contributed by atoms with E-state index in [4.69, 9.17) is 4.74 Å². The highest BCUT2D eigenvalue weighted by Crippen LogP contribution is 2.17. The molecule has 1 aromatic carbocycles. The van der Waals surface area contributed by atoms with E-state index in [1.54, 1.807) is 0 Å². The third-order valence-corrected chi connectivity index (χ3v) is 3.82. The Hall–Kier alpha value is -1.02. The minimum absolute atomic E-state index is 0.794. The number of aryl methyl sites for hydroxylation is 1. The van der Waals surface area contributed by atoms with E-state index >= 15 is 0 Å². The Morgan fingerprint density at radius 1 is 1.22 bits per heavy atom. The van der Waals surface area contributed by atoms with Crippen molar-refractivity contribution in [2.24, 2.45) is 0 Å². The summed E-state index contributed by atoms with van der Waals surface area (Å²) in [4.78, 5) is 2.60. The van der Waals surface area contributed by atoms with Crippen LogP contribution in [0.4, 0.5) is 0 Å². The summed E-state index contributed by atoms with van der Waals surface area (Å²) in [5.74, 6) is 0.996. The second-order valence-electron chi connectivity index (χ2n) is 5.40. The number of ether oxygens (including phenoxy) is 1. The highest BCUT2D eigenvalue weighted by molar-refractivity contribution is 5.26. The molecule has 0 N–H and O–H groups in total. The number of hydrogen-bond acceptors (Lipinski definition) is 2. The van der Waals surface area contributed by atoms with E-state index in [0.29, 0.717) is 0 Å². The summed E-state index contributed by atoms with van der Waals surface area (Å²) in [5, 5.41) is 0. The fourth-order valence-electron chi connectivity index (χ4n) is 2.57. The Balaban J connectivity index is 1.57. The van der Waals surface area contributed by atoms with Crippen molar-refractivity contribution >= 4 is 0 Å². The van der Waals surface area contributed by atoms with Crippen LogP contribution in [0.1, 0.15) is 38.2 Å². The quantitative estimate of drug-likeness (QED) is 0.712. The molecule has 1 heterocycles. The standard InChI is InChI=1S/C16H25NO/c1-14-7-9-16(10-8-14)18-13-4-3-11-17-12-5-6-15(17)2/h7-10,15H,3-6,11-13H2,1-2H3. The zero-order valence-electron chi connectivity index (χ0n) is 11.7. The van der Waals surface area contributed by atoms with Gasteiger partial charge in [-0.15, -0.1) is 0 Å². The third kappa shape index (κ3) is 4.02. The predicted octanol–water partition coefficient (Wildman–Crippen LogP) is 3.64. The fraction of sp³-hybridized carbons (Fsp3) is 0.625. The van der Waals surface area contributed by atoms with E-state index in [1.165, 1.54) is 37.9 Å². The van der Waals surface area contributed by atoms with E-state index < -0.39 is 0 Å². The molecule has 100 valence electrons. The molecule has 1 aliphatic rings. The molecule has 1 unspecified atom stereocenters. The molecule has 0 aromatic heterocycles. The van der Waals surface area contributed by atoms with E-state index in [0.717, 1.165) is 24.8 Å². The summed E-state index contributed by atoms with van der Waals surface area (Å²) >= 11 is 0. The van der Waals surface area contributed by atoms with Crippen LogP contribution in [0.2, 0.25) is 0 Å². The molecule has 0 radical (unpaired) electrons. The maximum Gasteiger partial charge on any atom is 0.119 e. The summed E-state index contributed by atoms with van der Waals surface area (Å²) in [6.07, 6.45) is 5.15. The van der Waals surface area contributed by atoms with Gasteiger partial charge in [0.2, 0.25) is 0 Å². The molecule has 1 aromatic rings. The summed E-state index contributed by atoms with van der Waals surface area (Å²) in [7, 11) is 0. The predicted molar refractivity (Wildman–Crippen MR) is 76.2 cm³/mol. The molecule has 0 amide bonds. The first-order valence-corrected chi connectivity index (χ1v) is 7.19. The van der Waals surface area contributed by atoms with Gasteiger partial charge in [-0.05, 0) is 64.8 Å². The van der Waals surface area contributed by atoms with Gasteiger partial charge in [0.15, 0.2) is 0 Å². The van der Waals surface area contributed by atoms with Gasteiger partial charge in [0, 0.05) is 6.04 Å². The van der Waals surface area contributed by atoms with Crippen molar-refractivity contribution in [2.75, 3.05) is 19.7 Å². The summed E-state index contributed by atoms with van der Waals surface area (Å²) in [6.45, 7) is 7.81. The third-order valence-electron chi connectivity index (χ3n) is 3.82. The summed E-state index contributed by atoms with van der Waals surface area (Å²) in [6, 6.07) is 9.10. The molecule has 1 aliphatic heterocycles. The van der Waals surface area contributed by atoms with Crippen LogP contribution in [-0.4, -0.2) is 30.6 Å². The lowest BCUT2D eigenvalue weighted by Crippen LogP contribution is -2.28. The molecular weight excluding hydrogens is 222 g/mol. The highest BCUT2D eigenvalue weighted by atomic mass is 16.5. The molecule has 0 bridgehead atoms. The Kier molecular flexibility index (Phi) is 5.06. The van der Waals surface area contributed by atoms with Gasteiger partial charge in [-0.25, -0.2) is 0 Å².